The Labute approximate surface area is 190 Å². The van der Waals surface area contributed by atoms with Gasteiger partial charge >= 0.3 is 0 Å². The van der Waals surface area contributed by atoms with E-state index in [2.05, 4.69) is 11.8 Å². The molecule has 8 heteroatoms. The van der Waals surface area contributed by atoms with E-state index in [1.165, 1.54) is 6.42 Å². The molecule has 0 saturated carbocycles. The summed E-state index contributed by atoms with van der Waals surface area (Å²) < 4.78 is 5.45. The van der Waals surface area contributed by atoms with Gasteiger partial charge in [-0.3, -0.25) is 19.3 Å². The van der Waals surface area contributed by atoms with Crippen molar-refractivity contribution in [3.05, 3.63) is 23.7 Å². The molecule has 3 aliphatic heterocycles. The SMILES string of the molecule is Cc1ccc(C(=O)N2CCN(CC(=O)N3CCC(C(=O)N4CCCC(C)C4)CC3)CC2)o1. The molecule has 4 rings (SSSR count). The van der Waals surface area contributed by atoms with Gasteiger partial charge in [0.2, 0.25) is 11.8 Å². The number of hydrogen-bond acceptors (Lipinski definition) is 5. The second-order valence-corrected chi connectivity index (χ2v) is 9.67. The largest absolute Gasteiger partial charge is 0.456 e. The summed E-state index contributed by atoms with van der Waals surface area (Å²) in [4.78, 5) is 46.1. The third-order valence-corrected chi connectivity index (χ3v) is 7.14. The number of nitrogens with zero attached hydrogens (tertiary/aromatic N) is 4. The maximum atomic E-state index is 12.9. The van der Waals surface area contributed by atoms with Crippen LogP contribution in [-0.2, 0) is 9.59 Å². The molecule has 3 saturated heterocycles. The first kappa shape index (κ1) is 22.8. The van der Waals surface area contributed by atoms with E-state index >= 15 is 0 Å². The van der Waals surface area contributed by atoms with Crippen LogP contribution in [0.4, 0.5) is 0 Å². The van der Waals surface area contributed by atoms with Gasteiger partial charge in [-0.2, -0.15) is 0 Å². The second kappa shape index (κ2) is 10.1. The van der Waals surface area contributed by atoms with Gasteiger partial charge in [0, 0.05) is 58.3 Å². The number of likely N-dealkylation sites (tertiary alicyclic amines) is 2. The summed E-state index contributed by atoms with van der Waals surface area (Å²) in [5.74, 6) is 2.09. The van der Waals surface area contributed by atoms with Crippen LogP contribution in [-0.4, -0.2) is 96.2 Å². The average molecular weight is 445 g/mol. The van der Waals surface area contributed by atoms with Crippen LogP contribution in [0, 0.1) is 18.8 Å². The lowest BCUT2D eigenvalue weighted by atomic mass is 9.92. The van der Waals surface area contributed by atoms with Crippen LogP contribution in [0.5, 0.6) is 0 Å². The number of carbonyl (C=O) groups excluding carboxylic acids is 3. The molecule has 32 heavy (non-hydrogen) atoms. The standard InChI is InChI=1S/C24H36N4O4/c1-18-4-3-9-28(16-18)23(30)20-7-10-26(11-8-20)22(29)17-25-12-14-27(15-13-25)24(31)21-6-5-19(2)32-21/h5-6,18,20H,3-4,7-17H2,1-2H3. The fraction of sp³-hybridized carbons (Fsp3) is 0.708. The third kappa shape index (κ3) is 5.34. The molecule has 176 valence electrons. The normalized spacial score (nSPS) is 23.4. The number of amides is 3. The first-order chi connectivity index (χ1) is 15.4. The predicted molar refractivity (Wildman–Crippen MR) is 120 cm³/mol. The van der Waals surface area contributed by atoms with E-state index in [-0.39, 0.29) is 23.6 Å². The molecule has 8 nitrogen and oxygen atoms in total. The molecule has 0 radical (unpaired) electrons. The molecule has 0 aromatic carbocycles. The van der Waals surface area contributed by atoms with E-state index in [1.54, 1.807) is 17.0 Å². The Hall–Kier alpha value is -2.35. The molecule has 1 aromatic heterocycles. The lowest BCUT2D eigenvalue weighted by molar-refractivity contribution is -0.142. The first-order valence-electron chi connectivity index (χ1n) is 12.1. The monoisotopic (exact) mass is 444 g/mol. The Balaban J connectivity index is 1.19. The zero-order chi connectivity index (χ0) is 22.7. The topological polar surface area (TPSA) is 77.3 Å². The van der Waals surface area contributed by atoms with Crippen molar-refractivity contribution in [1.29, 1.82) is 0 Å². The van der Waals surface area contributed by atoms with Gasteiger partial charge in [-0.25, -0.2) is 0 Å². The van der Waals surface area contributed by atoms with E-state index in [0.717, 1.165) is 38.1 Å². The van der Waals surface area contributed by atoms with Crippen molar-refractivity contribution in [3.8, 4) is 0 Å². The highest BCUT2D eigenvalue weighted by atomic mass is 16.3. The Bertz CT molecular complexity index is 822. The minimum atomic E-state index is -0.0843. The highest BCUT2D eigenvalue weighted by Crippen LogP contribution is 2.24. The molecule has 0 bridgehead atoms. The lowest BCUT2D eigenvalue weighted by Gasteiger charge is -2.38. The number of piperidine rings is 2. The summed E-state index contributed by atoms with van der Waals surface area (Å²) in [6.07, 6.45) is 3.84. The first-order valence-corrected chi connectivity index (χ1v) is 12.1. The maximum Gasteiger partial charge on any atom is 0.289 e. The summed E-state index contributed by atoms with van der Waals surface area (Å²) >= 11 is 0. The maximum absolute atomic E-state index is 12.9. The van der Waals surface area contributed by atoms with Gasteiger partial charge in [0.15, 0.2) is 5.76 Å². The smallest absolute Gasteiger partial charge is 0.289 e. The van der Waals surface area contributed by atoms with Gasteiger partial charge in [-0.05, 0) is 50.7 Å². The number of hydrogen-bond donors (Lipinski definition) is 0. The summed E-state index contributed by atoms with van der Waals surface area (Å²) in [6.45, 7) is 10.1. The van der Waals surface area contributed by atoms with Gasteiger partial charge in [0.1, 0.15) is 5.76 Å². The molecule has 3 fully saturated rings. The molecule has 0 N–H and O–H groups in total. The number of carbonyl (C=O) groups is 3. The molecular weight excluding hydrogens is 408 g/mol. The highest BCUT2D eigenvalue weighted by Gasteiger charge is 2.32. The molecule has 1 aromatic rings. The number of aryl methyl sites for hydroxylation is 1. The fourth-order valence-electron chi connectivity index (χ4n) is 5.13. The van der Waals surface area contributed by atoms with Crippen LogP contribution in [0.2, 0.25) is 0 Å². The zero-order valence-corrected chi connectivity index (χ0v) is 19.4. The molecule has 0 aliphatic carbocycles. The predicted octanol–water partition coefficient (Wildman–Crippen LogP) is 1.84. The van der Waals surface area contributed by atoms with Crippen LogP contribution < -0.4 is 0 Å². The van der Waals surface area contributed by atoms with Crippen molar-refractivity contribution >= 4 is 17.7 Å². The lowest BCUT2D eigenvalue weighted by Crippen LogP contribution is -2.52. The van der Waals surface area contributed by atoms with Crippen LogP contribution in [0.25, 0.3) is 0 Å². The Morgan fingerprint density at radius 1 is 0.906 bits per heavy atom. The zero-order valence-electron chi connectivity index (χ0n) is 19.4. The van der Waals surface area contributed by atoms with Gasteiger partial charge in [-0.1, -0.05) is 6.92 Å². The van der Waals surface area contributed by atoms with E-state index in [1.807, 2.05) is 16.7 Å². The summed E-state index contributed by atoms with van der Waals surface area (Å²) in [5, 5.41) is 0. The second-order valence-electron chi connectivity index (χ2n) is 9.67. The van der Waals surface area contributed by atoms with Gasteiger partial charge in [-0.15, -0.1) is 0 Å². The number of rotatable bonds is 4. The van der Waals surface area contributed by atoms with Crippen molar-refractivity contribution in [2.45, 2.75) is 39.5 Å². The van der Waals surface area contributed by atoms with Crippen LogP contribution in [0.1, 0.15) is 48.9 Å². The van der Waals surface area contributed by atoms with Gasteiger partial charge in [0.25, 0.3) is 5.91 Å². The fourth-order valence-corrected chi connectivity index (χ4v) is 5.13. The Kier molecular flexibility index (Phi) is 7.18. The van der Waals surface area contributed by atoms with Crippen LogP contribution >= 0.6 is 0 Å². The van der Waals surface area contributed by atoms with Crippen molar-refractivity contribution in [2.24, 2.45) is 11.8 Å². The van der Waals surface area contributed by atoms with Crippen LogP contribution in [0.3, 0.4) is 0 Å². The molecule has 3 amide bonds. The van der Waals surface area contributed by atoms with E-state index in [9.17, 15) is 14.4 Å². The molecular formula is C24H36N4O4. The van der Waals surface area contributed by atoms with Crippen molar-refractivity contribution in [1.82, 2.24) is 19.6 Å². The Morgan fingerprint density at radius 3 is 2.25 bits per heavy atom. The molecule has 1 atom stereocenters. The van der Waals surface area contributed by atoms with E-state index < -0.39 is 0 Å². The van der Waals surface area contributed by atoms with Crippen molar-refractivity contribution < 1.29 is 18.8 Å². The van der Waals surface area contributed by atoms with Crippen LogP contribution in [0.15, 0.2) is 16.5 Å². The Morgan fingerprint density at radius 2 is 1.62 bits per heavy atom. The van der Waals surface area contributed by atoms with Crippen molar-refractivity contribution in [3.63, 3.8) is 0 Å². The number of piperazine rings is 1. The highest BCUT2D eigenvalue weighted by molar-refractivity contribution is 5.91. The van der Waals surface area contributed by atoms with Gasteiger partial charge in [0.05, 0.1) is 6.54 Å². The minimum Gasteiger partial charge on any atom is -0.456 e. The minimum absolute atomic E-state index is 0.0594. The summed E-state index contributed by atoms with van der Waals surface area (Å²) in [6, 6.07) is 3.51. The number of furan rings is 1. The molecule has 3 aliphatic rings. The third-order valence-electron chi connectivity index (χ3n) is 7.14. The quantitative estimate of drug-likeness (QED) is 0.708. The molecule has 4 heterocycles. The van der Waals surface area contributed by atoms with Crippen molar-refractivity contribution in [2.75, 3.05) is 58.9 Å². The summed E-state index contributed by atoms with van der Waals surface area (Å²) in [7, 11) is 0. The average Bonchev–Trinajstić information content (AvgIpc) is 3.25. The van der Waals surface area contributed by atoms with Gasteiger partial charge < -0.3 is 19.1 Å². The summed E-state index contributed by atoms with van der Waals surface area (Å²) in [5.41, 5.74) is 0. The van der Waals surface area contributed by atoms with E-state index in [4.69, 9.17) is 4.42 Å². The van der Waals surface area contributed by atoms with E-state index in [0.29, 0.717) is 57.5 Å². The molecule has 0 spiro atoms. The molecule has 1 unspecified atom stereocenters.